The van der Waals surface area contributed by atoms with Crippen LogP contribution in [0.4, 0.5) is 5.69 Å². The number of nitrogens with one attached hydrogen (secondary N) is 2. The Morgan fingerprint density at radius 1 is 1.12 bits per heavy atom. The predicted molar refractivity (Wildman–Crippen MR) is 121 cm³/mol. The van der Waals surface area contributed by atoms with Gasteiger partial charge in [-0.05, 0) is 36.8 Å². The van der Waals surface area contributed by atoms with Crippen molar-refractivity contribution in [1.82, 2.24) is 20.3 Å². The number of aromatic nitrogens is 1. The van der Waals surface area contributed by atoms with Crippen LogP contribution in [-0.2, 0) is 13.1 Å². The van der Waals surface area contributed by atoms with Crippen LogP contribution in [0.15, 0.2) is 68.9 Å². The maximum atomic E-state index is 12.2. The van der Waals surface area contributed by atoms with Crippen molar-refractivity contribution in [2.24, 2.45) is 4.99 Å². The maximum absolute atomic E-state index is 12.2. The van der Waals surface area contributed by atoms with E-state index in [1.807, 2.05) is 30.3 Å². The third-order valence-corrected chi connectivity index (χ3v) is 5.22. The van der Waals surface area contributed by atoms with Crippen molar-refractivity contribution in [2.75, 3.05) is 38.0 Å². The summed E-state index contributed by atoms with van der Waals surface area (Å²) >= 11 is 0. The van der Waals surface area contributed by atoms with Crippen molar-refractivity contribution >= 4 is 17.6 Å². The number of carbonyl (C=O) groups is 1. The number of piperazine rings is 1. The topological polar surface area (TPSA) is 99.1 Å². The molecule has 9 heteroatoms. The molecule has 0 bridgehead atoms. The van der Waals surface area contributed by atoms with Crippen molar-refractivity contribution in [2.45, 2.75) is 20.0 Å². The summed E-state index contributed by atoms with van der Waals surface area (Å²) < 4.78 is 10.1. The Bertz CT molecular complexity index is 1010. The molecule has 1 aromatic carbocycles. The van der Waals surface area contributed by atoms with Gasteiger partial charge in [0, 0.05) is 51.0 Å². The van der Waals surface area contributed by atoms with Crippen LogP contribution in [0.5, 0.6) is 0 Å². The molecule has 1 amide bonds. The van der Waals surface area contributed by atoms with Gasteiger partial charge in [0.2, 0.25) is 0 Å². The number of rotatable bonds is 7. The summed E-state index contributed by atoms with van der Waals surface area (Å²) in [6.45, 7) is 7.85. The second-order valence-electron chi connectivity index (χ2n) is 7.56. The largest absolute Gasteiger partial charge is 0.459 e. The van der Waals surface area contributed by atoms with Crippen molar-refractivity contribution in [3.8, 4) is 0 Å². The number of nitrogens with zero attached hydrogens (tertiary/aromatic N) is 4. The van der Waals surface area contributed by atoms with Gasteiger partial charge in [-0.2, -0.15) is 0 Å². The third kappa shape index (κ3) is 5.76. The second-order valence-corrected chi connectivity index (χ2v) is 7.56. The van der Waals surface area contributed by atoms with E-state index in [0.29, 0.717) is 12.2 Å². The number of amides is 1. The van der Waals surface area contributed by atoms with Gasteiger partial charge in [-0.1, -0.05) is 17.3 Å². The molecule has 9 nitrogen and oxygen atoms in total. The van der Waals surface area contributed by atoms with Crippen LogP contribution >= 0.6 is 0 Å². The summed E-state index contributed by atoms with van der Waals surface area (Å²) in [4.78, 5) is 21.7. The van der Waals surface area contributed by atoms with Crippen molar-refractivity contribution < 1.29 is 13.7 Å². The lowest BCUT2D eigenvalue weighted by Gasteiger charge is -2.36. The molecule has 0 aliphatic carbocycles. The van der Waals surface area contributed by atoms with E-state index in [9.17, 15) is 4.79 Å². The Morgan fingerprint density at radius 3 is 2.72 bits per heavy atom. The van der Waals surface area contributed by atoms with Crippen LogP contribution in [0, 0.1) is 0 Å². The minimum atomic E-state index is -0.271. The highest BCUT2D eigenvalue weighted by atomic mass is 16.5. The predicted octanol–water partition coefficient (Wildman–Crippen LogP) is 2.80. The summed E-state index contributed by atoms with van der Waals surface area (Å²) in [6.07, 6.45) is 3.09. The smallest absolute Gasteiger partial charge is 0.291 e. The molecule has 4 rings (SSSR count). The molecule has 3 heterocycles. The van der Waals surface area contributed by atoms with Crippen LogP contribution < -0.4 is 10.6 Å². The molecule has 2 N–H and O–H groups in total. The van der Waals surface area contributed by atoms with Crippen LogP contribution in [0.2, 0.25) is 0 Å². The monoisotopic (exact) mass is 436 g/mol. The molecule has 2 aromatic heterocycles. The van der Waals surface area contributed by atoms with Gasteiger partial charge in [0.15, 0.2) is 11.7 Å². The molecular weight excluding hydrogens is 408 g/mol. The van der Waals surface area contributed by atoms with Crippen molar-refractivity contribution in [3.63, 3.8) is 0 Å². The van der Waals surface area contributed by atoms with E-state index in [-0.39, 0.29) is 11.7 Å². The van der Waals surface area contributed by atoms with Gasteiger partial charge < -0.3 is 24.5 Å². The minimum absolute atomic E-state index is 0.271. The van der Waals surface area contributed by atoms with E-state index in [4.69, 9.17) is 13.9 Å². The van der Waals surface area contributed by atoms with Crippen LogP contribution in [0.25, 0.3) is 0 Å². The third-order valence-electron chi connectivity index (χ3n) is 5.22. The Balaban J connectivity index is 1.34. The molecule has 0 saturated carbocycles. The van der Waals surface area contributed by atoms with Crippen LogP contribution in [0.1, 0.15) is 28.7 Å². The zero-order valence-corrected chi connectivity index (χ0v) is 18.2. The number of hydrogen-bond donors (Lipinski definition) is 2. The minimum Gasteiger partial charge on any atom is -0.459 e. The lowest BCUT2D eigenvalue weighted by Crippen LogP contribution is -2.52. The molecule has 1 fully saturated rings. The highest BCUT2D eigenvalue weighted by Gasteiger charge is 2.20. The van der Waals surface area contributed by atoms with Gasteiger partial charge in [-0.15, -0.1) is 0 Å². The molecule has 0 spiro atoms. The summed E-state index contributed by atoms with van der Waals surface area (Å²) in [5, 5.41) is 10.3. The molecule has 0 unspecified atom stereocenters. The zero-order chi connectivity index (χ0) is 22.2. The molecule has 32 heavy (non-hydrogen) atoms. The molecule has 1 aliphatic rings. The van der Waals surface area contributed by atoms with Gasteiger partial charge in [0.05, 0.1) is 18.5 Å². The average Bonchev–Trinajstić information content (AvgIpc) is 3.52. The lowest BCUT2D eigenvalue weighted by atomic mass is 10.2. The van der Waals surface area contributed by atoms with E-state index in [2.05, 4.69) is 32.5 Å². The molecule has 3 aromatic rings. The van der Waals surface area contributed by atoms with E-state index in [0.717, 1.165) is 56.5 Å². The van der Waals surface area contributed by atoms with E-state index < -0.39 is 0 Å². The SMILES string of the molecule is CCNC(=NCc1cccc(NC(=O)c2ccco2)c1)N1CCN(Cc2ccon2)CC1. The first kappa shape index (κ1) is 21.6. The standard InChI is InChI=1S/C23H28N6O3/c1-2-24-23(29-11-9-28(10-12-29)17-20-8-14-32-27-20)25-16-18-5-3-6-19(15-18)26-22(30)21-7-4-13-31-21/h3-8,13-15H,2,9-12,16-17H2,1H3,(H,24,25)(H,26,30). The highest BCUT2D eigenvalue weighted by Crippen LogP contribution is 2.14. The van der Waals surface area contributed by atoms with Gasteiger partial charge in [0.1, 0.15) is 6.26 Å². The van der Waals surface area contributed by atoms with Crippen LogP contribution in [0.3, 0.4) is 0 Å². The first-order valence-corrected chi connectivity index (χ1v) is 10.8. The van der Waals surface area contributed by atoms with Gasteiger partial charge in [-0.3, -0.25) is 9.69 Å². The van der Waals surface area contributed by atoms with Gasteiger partial charge in [0.25, 0.3) is 5.91 Å². The summed E-state index contributed by atoms with van der Waals surface area (Å²) in [6, 6.07) is 12.9. The molecular formula is C23H28N6O3. The quantitative estimate of drug-likeness (QED) is 0.434. The van der Waals surface area contributed by atoms with Gasteiger partial charge >= 0.3 is 0 Å². The molecule has 0 radical (unpaired) electrons. The van der Waals surface area contributed by atoms with E-state index in [1.165, 1.54) is 6.26 Å². The summed E-state index contributed by atoms with van der Waals surface area (Å²) in [5.74, 6) is 0.914. The number of benzene rings is 1. The van der Waals surface area contributed by atoms with Crippen LogP contribution in [-0.4, -0.2) is 59.5 Å². The Labute approximate surface area is 187 Å². The Morgan fingerprint density at radius 2 is 2.00 bits per heavy atom. The zero-order valence-electron chi connectivity index (χ0n) is 18.2. The average molecular weight is 437 g/mol. The number of hydrogen-bond acceptors (Lipinski definition) is 6. The van der Waals surface area contributed by atoms with E-state index >= 15 is 0 Å². The molecule has 0 atom stereocenters. The van der Waals surface area contributed by atoms with Crippen molar-refractivity contribution in [3.05, 3.63) is 72.0 Å². The molecule has 1 aliphatic heterocycles. The molecule has 168 valence electrons. The van der Waals surface area contributed by atoms with E-state index in [1.54, 1.807) is 18.4 Å². The fourth-order valence-corrected chi connectivity index (χ4v) is 3.61. The number of carbonyl (C=O) groups excluding carboxylic acids is 1. The Hall–Kier alpha value is -3.59. The fourth-order valence-electron chi connectivity index (χ4n) is 3.61. The number of furan rings is 1. The summed E-state index contributed by atoms with van der Waals surface area (Å²) in [5.41, 5.74) is 2.69. The highest BCUT2D eigenvalue weighted by molar-refractivity contribution is 6.02. The Kier molecular flexibility index (Phi) is 7.19. The number of guanidine groups is 1. The summed E-state index contributed by atoms with van der Waals surface area (Å²) in [7, 11) is 0. The maximum Gasteiger partial charge on any atom is 0.291 e. The number of aliphatic imine (C=N–C) groups is 1. The number of anilines is 1. The van der Waals surface area contributed by atoms with Gasteiger partial charge in [-0.25, -0.2) is 4.99 Å². The fraction of sp³-hybridized carbons (Fsp3) is 0.348. The van der Waals surface area contributed by atoms with Crippen molar-refractivity contribution in [1.29, 1.82) is 0 Å². The lowest BCUT2D eigenvalue weighted by molar-refractivity contribution is 0.0996. The second kappa shape index (κ2) is 10.6. The first-order chi connectivity index (χ1) is 15.7. The molecule has 1 saturated heterocycles. The first-order valence-electron chi connectivity index (χ1n) is 10.8. The normalized spacial score (nSPS) is 15.0.